The number of hydrogen-bond donors (Lipinski definition) is 1. The van der Waals surface area contributed by atoms with E-state index in [4.69, 9.17) is 4.74 Å². The number of hydrogen-bond acceptors (Lipinski definition) is 4. The molecule has 2 rings (SSSR count). The van der Waals surface area contributed by atoms with Gasteiger partial charge in [-0.2, -0.15) is 23.5 Å². The van der Waals surface area contributed by atoms with Crippen LogP contribution in [0.25, 0.3) is 0 Å². The normalized spacial score (nSPS) is 48.5. The number of ether oxygens (including phenoxy) is 1. The van der Waals surface area contributed by atoms with Crippen molar-refractivity contribution < 1.29 is 9.84 Å². The van der Waals surface area contributed by atoms with Gasteiger partial charge in [0.25, 0.3) is 0 Å². The maximum atomic E-state index is 9.57. The summed E-state index contributed by atoms with van der Waals surface area (Å²) < 4.78 is 5.62. The lowest BCUT2D eigenvalue weighted by molar-refractivity contribution is 0.0331. The summed E-state index contributed by atoms with van der Waals surface area (Å²) in [6.45, 7) is 0. The fourth-order valence-electron chi connectivity index (χ4n) is 1.66. The molecule has 2 fully saturated rings. The van der Waals surface area contributed by atoms with Crippen LogP contribution in [0.4, 0.5) is 0 Å². The predicted molar refractivity (Wildman–Crippen MR) is 49.3 cm³/mol. The van der Waals surface area contributed by atoms with Crippen molar-refractivity contribution in [3.8, 4) is 0 Å². The van der Waals surface area contributed by atoms with Gasteiger partial charge < -0.3 is 9.84 Å². The maximum absolute atomic E-state index is 9.57. The molecule has 0 radical (unpaired) electrons. The zero-order chi connectivity index (χ0) is 7.84. The van der Waals surface area contributed by atoms with E-state index in [1.165, 1.54) is 0 Å². The van der Waals surface area contributed by atoms with Crippen LogP contribution in [0.1, 0.15) is 0 Å². The topological polar surface area (TPSA) is 29.5 Å². The first-order valence-electron chi connectivity index (χ1n) is 3.77. The smallest absolute Gasteiger partial charge is 0.0953 e. The first-order valence-corrected chi connectivity index (χ1v) is 6.21. The Balaban J connectivity index is 1.97. The van der Waals surface area contributed by atoms with E-state index in [-0.39, 0.29) is 12.2 Å². The standard InChI is InChI=1S/C7H12O2S2/c1-10-2-5-7-6(8)4(9-5)3-11-7/h4-8H,2-3H2,1H3. The van der Waals surface area contributed by atoms with E-state index in [1.54, 1.807) is 11.8 Å². The second kappa shape index (κ2) is 3.17. The Morgan fingerprint density at radius 1 is 1.73 bits per heavy atom. The first-order chi connectivity index (χ1) is 5.33. The Morgan fingerprint density at radius 2 is 2.55 bits per heavy atom. The molecular formula is C7H12O2S2. The van der Waals surface area contributed by atoms with E-state index >= 15 is 0 Å². The summed E-state index contributed by atoms with van der Waals surface area (Å²) in [7, 11) is 0. The molecule has 4 heteroatoms. The van der Waals surface area contributed by atoms with Crippen LogP contribution in [0.3, 0.4) is 0 Å². The lowest BCUT2D eigenvalue weighted by atomic mass is 10.2. The molecule has 4 unspecified atom stereocenters. The van der Waals surface area contributed by atoms with E-state index in [2.05, 4.69) is 6.26 Å². The van der Waals surface area contributed by atoms with Gasteiger partial charge in [0.05, 0.1) is 23.6 Å². The fourth-order valence-corrected chi connectivity index (χ4v) is 3.83. The molecule has 0 aliphatic carbocycles. The third kappa shape index (κ3) is 1.30. The van der Waals surface area contributed by atoms with Gasteiger partial charge in [-0.05, 0) is 6.26 Å². The molecule has 2 saturated heterocycles. The summed E-state index contributed by atoms with van der Waals surface area (Å²) >= 11 is 3.65. The summed E-state index contributed by atoms with van der Waals surface area (Å²) in [4.78, 5) is 0. The fraction of sp³-hybridized carbons (Fsp3) is 1.00. The Morgan fingerprint density at radius 3 is 3.00 bits per heavy atom. The number of thioether (sulfide) groups is 2. The highest BCUT2D eigenvalue weighted by molar-refractivity contribution is 8.00. The highest BCUT2D eigenvalue weighted by atomic mass is 32.2. The van der Waals surface area contributed by atoms with Gasteiger partial charge in [0.2, 0.25) is 0 Å². The molecular weight excluding hydrogens is 180 g/mol. The largest absolute Gasteiger partial charge is 0.389 e. The van der Waals surface area contributed by atoms with Gasteiger partial charge in [0.1, 0.15) is 0 Å². The van der Waals surface area contributed by atoms with Crippen LogP contribution in [0.5, 0.6) is 0 Å². The minimum atomic E-state index is -0.197. The second-order valence-corrected chi connectivity index (χ2v) is 5.08. The van der Waals surface area contributed by atoms with Crippen LogP contribution in [0.2, 0.25) is 0 Å². The molecule has 0 saturated carbocycles. The van der Waals surface area contributed by atoms with E-state index in [0.717, 1.165) is 11.5 Å². The molecule has 0 aromatic carbocycles. The summed E-state index contributed by atoms with van der Waals surface area (Å²) in [6, 6.07) is 0. The van der Waals surface area contributed by atoms with Crippen molar-refractivity contribution in [2.24, 2.45) is 0 Å². The van der Waals surface area contributed by atoms with Gasteiger partial charge in [-0.3, -0.25) is 0 Å². The van der Waals surface area contributed by atoms with E-state index in [0.29, 0.717) is 11.4 Å². The number of fused-ring (bicyclic) bond motifs is 2. The third-order valence-electron chi connectivity index (χ3n) is 2.22. The molecule has 64 valence electrons. The Hall–Kier alpha value is 0.620. The zero-order valence-electron chi connectivity index (χ0n) is 6.40. The molecule has 0 aromatic heterocycles. The van der Waals surface area contributed by atoms with Gasteiger partial charge in [0, 0.05) is 11.5 Å². The van der Waals surface area contributed by atoms with Crippen LogP contribution in [0.15, 0.2) is 0 Å². The van der Waals surface area contributed by atoms with Crippen molar-refractivity contribution in [2.75, 3.05) is 17.8 Å². The summed E-state index contributed by atoms with van der Waals surface area (Å²) in [5, 5.41) is 9.92. The molecule has 2 aliphatic heterocycles. The van der Waals surface area contributed by atoms with Gasteiger partial charge in [-0.15, -0.1) is 0 Å². The minimum absolute atomic E-state index is 0.127. The van der Waals surface area contributed by atoms with Crippen LogP contribution >= 0.6 is 23.5 Å². The van der Waals surface area contributed by atoms with E-state index in [9.17, 15) is 5.11 Å². The van der Waals surface area contributed by atoms with E-state index < -0.39 is 0 Å². The molecule has 11 heavy (non-hydrogen) atoms. The predicted octanol–water partition coefficient (Wildman–Crippen LogP) is 0.593. The Kier molecular flexibility index (Phi) is 2.37. The molecule has 0 aromatic rings. The molecule has 2 heterocycles. The molecule has 2 aliphatic rings. The summed E-state index contributed by atoms with van der Waals surface area (Å²) in [5.74, 6) is 2.00. The van der Waals surface area contributed by atoms with Crippen molar-refractivity contribution >= 4 is 23.5 Å². The summed E-state index contributed by atoms with van der Waals surface area (Å²) in [5.41, 5.74) is 0. The van der Waals surface area contributed by atoms with Crippen LogP contribution in [-0.2, 0) is 4.74 Å². The second-order valence-electron chi connectivity index (χ2n) is 2.96. The van der Waals surface area contributed by atoms with Crippen molar-refractivity contribution in [3.63, 3.8) is 0 Å². The van der Waals surface area contributed by atoms with Gasteiger partial charge >= 0.3 is 0 Å². The quantitative estimate of drug-likeness (QED) is 0.693. The van der Waals surface area contributed by atoms with Crippen LogP contribution in [0, 0.1) is 0 Å². The molecule has 0 amide bonds. The van der Waals surface area contributed by atoms with Crippen LogP contribution < -0.4 is 0 Å². The van der Waals surface area contributed by atoms with Gasteiger partial charge in [0.15, 0.2) is 0 Å². The van der Waals surface area contributed by atoms with Crippen LogP contribution in [-0.4, -0.2) is 46.4 Å². The molecule has 4 atom stereocenters. The monoisotopic (exact) mass is 192 g/mol. The average Bonchev–Trinajstić information content (AvgIpc) is 2.47. The maximum Gasteiger partial charge on any atom is 0.0953 e. The number of aliphatic hydroxyl groups excluding tert-OH is 1. The summed E-state index contributed by atoms with van der Waals surface area (Å²) in [6.07, 6.45) is 2.30. The zero-order valence-corrected chi connectivity index (χ0v) is 8.03. The molecule has 1 N–H and O–H groups in total. The highest BCUT2D eigenvalue weighted by Crippen LogP contribution is 2.40. The van der Waals surface area contributed by atoms with Gasteiger partial charge in [-0.25, -0.2) is 0 Å². The number of rotatable bonds is 2. The SMILES string of the molecule is CSCC1OC2CSC1C2O. The molecule has 2 nitrogen and oxygen atoms in total. The third-order valence-corrected chi connectivity index (χ3v) is 4.37. The van der Waals surface area contributed by atoms with Crippen molar-refractivity contribution in [3.05, 3.63) is 0 Å². The lowest BCUT2D eigenvalue weighted by Crippen LogP contribution is -2.26. The van der Waals surface area contributed by atoms with Crippen molar-refractivity contribution in [1.82, 2.24) is 0 Å². The number of aliphatic hydroxyl groups is 1. The van der Waals surface area contributed by atoms with Crippen molar-refractivity contribution in [1.29, 1.82) is 0 Å². The van der Waals surface area contributed by atoms with Gasteiger partial charge in [-0.1, -0.05) is 0 Å². The molecule has 0 spiro atoms. The molecule has 2 bridgehead atoms. The average molecular weight is 192 g/mol. The lowest BCUT2D eigenvalue weighted by Gasteiger charge is -2.19. The van der Waals surface area contributed by atoms with E-state index in [1.807, 2.05) is 11.8 Å². The Labute approximate surface area is 75.1 Å². The highest BCUT2D eigenvalue weighted by Gasteiger charge is 2.48. The Bertz CT molecular complexity index is 153. The minimum Gasteiger partial charge on any atom is -0.389 e. The first kappa shape index (κ1) is 8.23. The van der Waals surface area contributed by atoms with Crippen molar-refractivity contribution in [2.45, 2.75) is 23.6 Å².